The number of hydrogen-bond acceptors (Lipinski definition) is 2. The van der Waals surface area contributed by atoms with E-state index in [4.69, 9.17) is 16.3 Å². The first-order chi connectivity index (χ1) is 9.40. The van der Waals surface area contributed by atoms with Crippen molar-refractivity contribution in [2.75, 3.05) is 25.7 Å². The van der Waals surface area contributed by atoms with Crippen LogP contribution in [0.15, 0.2) is 18.2 Å². The Morgan fingerprint density at radius 3 is 2.55 bits per heavy atom. The fraction of sp³-hybridized carbons (Fsp3) is 0.385. The maximum absolute atomic E-state index is 13.2. The van der Waals surface area contributed by atoms with Gasteiger partial charge in [0.15, 0.2) is 0 Å². The minimum Gasteiger partial charge on any atom is -0.491 e. The summed E-state index contributed by atoms with van der Waals surface area (Å²) in [5.41, 5.74) is 0.372. The molecular formula is C13H11ClF4O2. The number of ether oxygens (including phenoxy) is 2. The van der Waals surface area contributed by atoms with Crippen molar-refractivity contribution in [1.82, 2.24) is 0 Å². The molecular weight excluding hydrogens is 300 g/mol. The topological polar surface area (TPSA) is 18.5 Å². The Kier molecular flexibility index (Phi) is 6.62. The summed E-state index contributed by atoms with van der Waals surface area (Å²) in [6.07, 6.45) is -4.37. The molecule has 0 bridgehead atoms. The molecule has 7 heteroatoms. The second-order valence-corrected chi connectivity index (χ2v) is 3.89. The van der Waals surface area contributed by atoms with Crippen LogP contribution in [0.1, 0.15) is 5.56 Å². The van der Waals surface area contributed by atoms with Gasteiger partial charge in [0, 0.05) is 11.6 Å². The number of hydrogen-bond donors (Lipinski definition) is 0. The molecule has 20 heavy (non-hydrogen) atoms. The molecule has 0 aliphatic carbocycles. The highest BCUT2D eigenvalue weighted by Gasteiger charge is 2.27. The van der Waals surface area contributed by atoms with Gasteiger partial charge in [-0.25, -0.2) is 4.39 Å². The molecule has 0 aromatic heterocycles. The Morgan fingerprint density at radius 1 is 1.15 bits per heavy atom. The fourth-order valence-electron chi connectivity index (χ4n) is 1.26. The predicted molar refractivity (Wildman–Crippen MR) is 66.4 cm³/mol. The molecule has 0 saturated heterocycles. The molecule has 0 atom stereocenters. The fourth-order valence-corrected chi connectivity index (χ4v) is 1.33. The van der Waals surface area contributed by atoms with Crippen molar-refractivity contribution in [3.63, 3.8) is 0 Å². The zero-order valence-corrected chi connectivity index (χ0v) is 11.0. The van der Waals surface area contributed by atoms with Crippen LogP contribution in [0.3, 0.4) is 0 Å². The largest absolute Gasteiger partial charge is 0.491 e. The summed E-state index contributed by atoms with van der Waals surface area (Å²) in [4.78, 5) is 0. The molecule has 0 N–H and O–H groups in total. The van der Waals surface area contributed by atoms with Crippen molar-refractivity contribution < 1.29 is 27.0 Å². The Morgan fingerprint density at radius 2 is 1.90 bits per heavy atom. The van der Waals surface area contributed by atoms with Gasteiger partial charge >= 0.3 is 6.18 Å². The molecule has 0 radical (unpaired) electrons. The Balaban J connectivity index is 2.46. The van der Waals surface area contributed by atoms with Crippen molar-refractivity contribution in [3.8, 4) is 17.6 Å². The van der Waals surface area contributed by atoms with Gasteiger partial charge < -0.3 is 9.47 Å². The summed E-state index contributed by atoms with van der Waals surface area (Å²) < 4.78 is 58.0. The molecule has 0 fully saturated rings. The van der Waals surface area contributed by atoms with Crippen LogP contribution in [0.25, 0.3) is 0 Å². The van der Waals surface area contributed by atoms with E-state index in [0.717, 1.165) is 6.07 Å². The highest BCUT2D eigenvalue weighted by atomic mass is 35.5. The lowest BCUT2D eigenvalue weighted by molar-refractivity contribution is -0.175. The maximum atomic E-state index is 13.2. The molecule has 0 saturated carbocycles. The number of rotatable bonds is 5. The zero-order valence-electron chi connectivity index (χ0n) is 10.3. The lowest BCUT2D eigenvalue weighted by atomic mass is 10.2. The van der Waals surface area contributed by atoms with Gasteiger partial charge in [0.2, 0.25) is 0 Å². The summed E-state index contributed by atoms with van der Waals surface area (Å²) in [5.74, 6) is 4.89. The van der Waals surface area contributed by atoms with Crippen molar-refractivity contribution in [2.45, 2.75) is 6.18 Å². The number of alkyl halides is 4. The average molecular weight is 311 g/mol. The molecule has 0 amide bonds. The Hall–Kier alpha value is -1.45. The van der Waals surface area contributed by atoms with Crippen LogP contribution < -0.4 is 4.74 Å². The maximum Gasteiger partial charge on any atom is 0.411 e. The minimum atomic E-state index is -4.37. The van der Waals surface area contributed by atoms with E-state index in [2.05, 4.69) is 16.6 Å². The summed E-state index contributed by atoms with van der Waals surface area (Å²) in [7, 11) is 0. The van der Waals surface area contributed by atoms with Crippen LogP contribution in [0, 0.1) is 17.7 Å². The van der Waals surface area contributed by atoms with Crippen molar-refractivity contribution in [1.29, 1.82) is 0 Å². The van der Waals surface area contributed by atoms with Crippen molar-refractivity contribution in [3.05, 3.63) is 29.6 Å². The molecule has 0 spiro atoms. The van der Waals surface area contributed by atoms with Crippen LogP contribution in [0.5, 0.6) is 5.75 Å². The molecule has 0 heterocycles. The van der Waals surface area contributed by atoms with E-state index < -0.39 is 18.6 Å². The minimum absolute atomic E-state index is 0.109. The smallest absolute Gasteiger partial charge is 0.411 e. The molecule has 0 aliphatic heterocycles. The van der Waals surface area contributed by atoms with Gasteiger partial charge in [0.25, 0.3) is 0 Å². The van der Waals surface area contributed by atoms with Gasteiger partial charge in [-0.1, -0.05) is 11.8 Å². The first-order valence-corrected chi connectivity index (χ1v) is 6.07. The van der Waals surface area contributed by atoms with E-state index in [0.29, 0.717) is 5.56 Å². The third-order valence-electron chi connectivity index (χ3n) is 1.93. The van der Waals surface area contributed by atoms with Gasteiger partial charge in [-0.3, -0.25) is 0 Å². The monoisotopic (exact) mass is 310 g/mol. The molecule has 1 rings (SSSR count). The summed E-state index contributed by atoms with van der Waals surface area (Å²) in [5, 5.41) is 0. The van der Waals surface area contributed by atoms with Gasteiger partial charge in [0.1, 0.15) is 24.8 Å². The van der Waals surface area contributed by atoms with E-state index in [1.165, 1.54) is 12.1 Å². The SMILES string of the molecule is Fc1cc(C#CCCl)cc(OCCOCC(F)(F)F)c1. The molecule has 0 unspecified atom stereocenters. The zero-order chi connectivity index (χ0) is 15.0. The third kappa shape index (κ3) is 7.22. The van der Waals surface area contributed by atoms with Gasteiger partial charge in [-0.2, -0.15) is 13.2 Å². The van der Waals surface area contributed by atoms with Gasteiger partial charge in [-0.15, -0.1) is 11.6 Å². The summed E-state index contributed by atoms with van der Waals surface area (Å²) >= 11 is 5.38. The first-order valence-electron chi connectivity index (χ1n) is 5.53. The molecule has 2 nitrogen and oxygen atoms in total. The molecule has 0 aliphatic rings. The standard InChI is InChI=1S/C13H11ClF4O2/c14-3-1-2-10-6-11(15)8-12(7-10)20-5-4-19-9-13(16,17)18/h6-8H,3-5,9H2. The highest BCUT2D eigenvalue weighted by Crippen LogP contribution is 2.16. The van der Waals surface area contributed by atoms with Gasteiger partial charge in [0.05, 0.1) is 12.5 Å². The van der Waals surface area contributed by atoms with E-state index in [1.807, 2.05) is 0 Å². The lowest BCUT2D eigenvalue weighted by Gasteiger charge is -2.09. The lowest BCUT2D eigenvalue weighted by Crippen LogP contribution is -2.19. The summed E-state index contributed by atoms with van der Waals surface area (Å²) in [6, 6.07) is 3.77. The number of benzene rings is 1. The van der Waals surface area contributed by atoms with Crippen molar-refractivity contribution in [2.24, 2.45) is 0 Å². The highest BCUT2D eigenvalue weighted by molar-refractivity contribution is 6.19. The van der Waals surface area contributed by atoms with Crippen molar-refractivity contribution >= 4 is 11.6 Å². The third-order valence-corrected chi connectivity index (χ3v) is 2.07. The quantitative estimate of drug-likeness (QED) is 0.359. The van der Waals surface area contributed by atoms with Crippen LogP contribution in [0.4, 0.5) is 17.6 Å². The molecule has 1 aromatic carbocycles. The van der Waals surface area contributed by atoms with Crippen LogP contribution in [0.2, 0.25) is 0 Å². The molecule has 110 valence electrons. The van der Waals surface area contributed by atoms with E-state index >= 15 is 0 Å². The van der Waals surface area contributed by atoms with Crippen LogP contribution >= 0.6 is 11.6 Å². The summed E-state index contributed by atoms with van der Waals surface area (Å²) in [6.45, 7) is -1.72. The number of halogens is 5. The Bertz CT molecular complexity index is 491. The predicted octanol–water partition coefficient (Wildman–Crippen LogP) is 3.37. The van der Waals surface area contributed by atoms with Crippen LogP contribution in [-0.2, 0) is 4.74 Å². The second-order valence-electron chi connectivity index (χ2n) is 3.63. The van der Waals surface area contributed by atoms with E-state index in [1.54, 1.807) is 0 Å². The van der Waals surface area contributed by atoms with E-state index in [9.17, 15) is 17.6 Å². The van der Waals surface area contributed by atoms with Gasteiger partial charge in [-0.05, 0) is 12.1 Å². The average Bonchev–Trinajstić information content (AvgIpc) is 2.34. The first kappa shape index (κ1) is 16.6. The molecule has 1 aromatic rings. The second kappa shape index (κ2) is 7.98. The van der Waals surface area contributed by atoms with Crippen LogP contribution in [-0.4, -0.2) is 31.9 Å². The normalized spacial score (nSPS) is 10.8. The van der Waals surface area contributed by atoms with E-state index in [-0.39, 0.29) is 24.8 Å². The Labute approximate surface area is 118 Å².